The minimum absolute atomic E-state index is 0.0220. The maximum atomic E-state index is 13.2. The van der Waals surface area contributed by atoms with E-state index in [0.717, 1.165) is 17.5 Å². The molecule has 0 saturated carbocycles. The molecule has 2 heterocycles. The Morgan fingerprint density at radius 2 is 2.04 bits per heavy atom. The minimum Gasteiger partial charge on any atom is -0.376 e. The number of anilines is 1. The van der Waals surface area contributed by atoms with E-state index < -0.39 is 9.84 Å². The fraction of sp³-hybridized carbons (Fsp3) is 0.300. The topological polar surface area (TPSA) is 76.6 Å². The maximum absolute atomic E-state index is 13.2. The van der Waals surface area contributed by atoms with Crippen molar-refractivity contribution in [3.63, 3.8) is 0 Å². The molecule has 1 aliphatic heterocycles. The summed E-state index contributed by atoms with van der Waals surface area (Å²) in [5, 5.41) is 0.546. The number of hydrogen-bond donors (Lipinski definition) is 0. The summed E-state index contributed by atoms with van der Waals surface area (Å²) in [6, 6.07) is 13.9. The van der Waals surface area contributed by atoms with Crippen molar-refractivity contribution in [2.75, 3.05) is 24.3 Å². The highest BCUT2D eigenvalue weighted by atomic mass is 32.2. The van der Waals surface area contributed by atoms with E-state index in [1.807, 2.05) is 18.2 Å². The molecule has 1 aliphatic rings. The number of aromatic nitrogens is 1. The fourth-order valence-electron chi connectivity index (χ4n) is 3.22. The lowest BCUT2D eigenvalue weighted by Crippen LogP contribution is -2.37. The average Bonchev–Trinajstić information content (AvgIpc) is 3.34. The van der Waals surface area contributed by atoms with E-state index in [1.165, 1.54) is 17.6 Å². The molecule has 3 aromatic rings. The van der Waals surface area contributed by atoms with Crippen LogP contribution in [-0.4, -0.2) is 44.8 Å². The molecule has 4 rings (SSSR count). The highest BCUT2D eigenvalue weighted by Crippen LogP contribution is 2.32. The number of nitrogens with zero attached hydrogens (tertiary/aromatic N) is 2. The first-order chi connectivity index (χ1) is 13.4. The molecule has 2 aromatic carbocycles. The summed E-state index contributed by atoms with van der Waals surface area (Å²) in [5.41, 5.74) is 1.25. The van der Waals surface area contributed by atoms with Gasteiger partial charge in [-0.1, -0.05) is 29.5 Å². The van der Waals surface area contributed by atoms with Gasteiger partial charge in [0.1, 0.15) is 0 Å². The highest BCUT2D eigenvalue weighted by Gasteiger charge is 2.27. The minimum atomic E-state index is -3.30. The standard InChI is InChI=1S/C20H20N2O4S2/c1-28(24,25)16-9-10-17-18(12-16)27-20(21-17)22(13-15-8-5-11-26-15)19(23)14-6-3-2-4-7-14/h2-4,6-7,9-10,12,15H,5,8,11,13H2,1H3/t15-/m1/s1. The van der Waals surface area contributed by atoms with Crippen LogP contribution in [0.4, 0.5) is 5.13 Å². The second-order valence-electron chi connectivity index (χ2n) is 6.81. The second kappa shape index (κ2) is 7.62. The molecule has 6 nitrogen and oxygen atoms in total. The van der Waals surface area contributed by atoms with E-state index >= 15 is 0 Å². The van der Waals surface area contributed by atoms with Gasteiger partial charge in [-0.2, -0.15) is 0 Å². The van der Waals surface area contributed by atoms with Crippen molar-refractivity contribution < 1.29 is 17.9 Å². The van der Waals surface area contributed by atoms with Crippen molar-refractivity contribution in [1.82, 2.24) is 4.98 Å². The van der Waals surface area contributed by atoms with E-state index in [0.29, 0.717) is 29.4 Å². The Morgan fingerprint density at radius 3 is 2.71 bits per heavy atom. The molecule has 1 saturated heterocycles. The van der Waals surface area contributed by atoms with Crippen LogP contribution >= 0.6 is 11.3 Å². The van der Waals surface area contributed by atoms with Crippen LogP contribution < -0.4 is 4.90 Å². The van der Waals surface area contributed by atoms with Crippen molar-refractivity contribution in [2.45, 2.75) is 23.8 Å². The molecular weight excluding hydrogens is 396 g/mol. The van der Waals surface area contributed by atoms with E-state index in [4.69, 9.17) is 4.74 Å². The molecule has 0 spiro atoms. The molecule has 1 aromatic heterocycles. The van der Waals surface area contributed by atoms with Gasteiger partial charge in [-0.15, -0.1) is 0 Å². The molecule has 0 unspecified atom stereocenters. The first-order valence-corrected chi connectivity index (χ1v) is 11.7. The first kappa shape index (κ1) is 19.0. The summed E-state index contributed by atoms with van der Waals surface area (Å²) in [5.74, 6) is -0.140. The molecule has 0 radical (unpaired) electrons. The highest BCUT2D eigenvalue weighted by molar-refractivity contribution is 7.90. The third-order valence-electron chi connectivity index (χ3n) is 4.68. The number of ether oxygens (including phenoxy) is 1. The molecule has 146 valence electrons. The molecule has 1 amide bonds. The van der Waals surface area contributed by atoms with Gasteiger partial charge < -0.3 is 4.74 Å². The van der Waals surface area contributed by atoms with Gasteiger partial charge >= 0.3 is 0 Å². The van der Waals surface area contributed by atoms with Gasteiger partial charge in [-0.3, -0.25) is 9.69 Å². The lowest BCUT2D eigenvalue weighted by atomic mass is 10.2. The number of fused-ring (bicyclic) bond motifs is 1. The molecule has 8 heteroatoms. The summed E-state index contributed by atoms with van der Waals surface area (Å²) >= 11 is 1.32. The monoisotopic (exact) mass is 416 g/mol. The average molecular weight is 417 g/mol. The number of carbonyl (C=O) groups is 1. The maximum Gasteiger partial charge on any atom is 0.260 e. The smallest absolute Gasteiger partial charge is 0.260 e. The molecule has 1 fully saturated rings. The predicted octanol–water partition coefficient (Wildman–Crippen LogP) is 3.53. The van der Waals surface area contributed by atoms with Gasteiger partial charge in [0.05, 0.1) is 27.8 Å². The fourth-order valence-corrected chi connectivity index (χ4v) is 4.95. The van der Waals surface area contributed by atoms with Crippen molar-refractivity contribution in [2.24, 2.45) is 0 Å². The lowest BCUT2D eigenvalue weighted by Gasteiger charge is -2.23. The van der Waals surface area contributed by atoms with E-state index in [9.17, 15) is 13.2 Å². The van der Waals surface area contributed by atoms with Crippen LogP contribution in [0.25, 0.3) is 10.2 Å². The van der Waals surface area contributed by atoms with Crippen LogP contribution in [0.15, 0.2) is 53.4 Å². The molecule has 28 heavy (non-hydrogen) atoms. The first-order valence-electron chi connectivity index (χ1n) is 9.01. The normalized spacial score (nSPS) is 17.1. The quantitative estimate of drug-likeness (QED) is 0.636. The van der Waals surface area contributed by atoms with Crippen LogP contribution in [-0.2, 0) is 14.6 Å². The van der Waals surface area contributed by atoms with Crippen LogP contribution in [0, 0.1) is 0 Å². The van der Waals surface area contributed by atoms with Crippen molar-refractivity contribution in [3.05, 3.63) is 54.1 Å². The van der Waals surface area contributed by atoms with Crippen LogP contribution in [0.3, 0.4) is 0 Å². The third kappa shape index (κ3) is 3.94. The lowest BCUT2D eigenvalue weighted by molar-refractivity contribution is 0.0917. The van der Waals surface area contributed by atoms with E-state index in [1.54, 1.807) is 35.2 Å². The van der Waals surface area contributed by atoms with Crippen LogP contribution in [0.2, 0.25) is 0 Å². The zero-order valence-electron chi connectivity index (χ0n) is 15.4. The number of hydrogen-bond acceptors (Lipinski definition) is 6. The van der Waals surface area contributed by atoms with E-state index in [2.05, 4.69) is 4.98 Å². The van der Waals surface area contributed by atoms with Gasteiger partial charge in [0.15, 0.2) is 15.0 Å². The Balaban J connectivity index is 1.73. The van der Waals surface area contributed by atoms with Gasteiger partial charge in [0, 0.05) is 18.4 Å². The molecule has 0 bridgehead atoms. The van der Waals surface area contributed by atoms with Gasteiger partial charge in [-0.25, -0.2) is 13.4 Å². The Hall–Kier alpha value is -2.29. The Labute approximate surface area is 167 Å². The summed E-state index contributed by atoms with van der Waals surface area (Å²) < 4.78 is 30.2. The summed E-state index contributed by atoms with van der Waals surface area (Å²) in [6.45, 7) is 1.13. The molecule has 1 atom stereocenters. The van der Waals surface area contributed by atoms with Crippen molar-refractivity contribution >= 4 is 42.4 Å². The number of rotatable bonds is 5. The summed E-state index contributed by atoms with van der Waals surface area (Å²) in [6.07, 6.45) is 3.04. The molecule has 0 aliphatic carbocycles. The Morgan fingerprint density at radius 1 is 1.25 bits per heavy atom. The SMILES string of the molecule is CS(=O)(=O)c1ccc2nc(N(C[C@H]3CCCO3)C(=O)c3ccccc3)sc2c1. The zero-order valence-corrected chi connectivity index (χ0v) is 17.0. The van der Waals surface area contributed by atoms with Gasteiger partial charge in [0.2, 0.25) is 0 Å². The molecule has 0 N–H and O–H groups in total. The number of benzene rings is 2. The van der Waals surface area contributed by atoms with Gasteiger partial charge in [0.25, 0.3) is 5.91 Å². The summed E-state index contributed by atoms with van der Waals surface area (Å²) in [4.78, 5) is 19.7. The Bertz CT molecular complexity index is 1100. The number of sulfone groups is 1. The largest absolute Gasteiger partial charge is 0.376 e. The number of carbonyl (C=O) groups excluding carboxylic acids is 1. The van der Waals surface area contributed by atoms with Crippen molar-refractivity contribution in [3.8, 4) is 0 Å². The van der Waals surface area contributed by atoms with Crippen molar-refractivity contribution in [1.29, 1.82) is 0 Å². The second-order valence-corrected chi connectivity index (χ2v) is 9.84. The third-order valence-corrected chi connectivity index (χ3v) is 6.84. The Kier molecular flexibility index (Phi) is 5.18. The zero-order chi connectivity index (χ0) is 19.7. The summed E-state index contributed by atoms with van der Waals surface area (Å²) in [7, 11) is -3.30. The van der Waals surface area contributed by atoms with Gasteiger partial charge in [-0.05, 0) is 43.2 Å². The van der Waals surface area contributed by atoms with Crippen LogP contribution in [0.5, 0.6) is 0 Å². The predicted molar refractivity (Wildman–Crippen MR) is 110 cm³/mol. The molecular formula is C20H20N2O4S2. The number of amides is 1. The van der Waals surface area contributed by atoms with E-state index in [-0.39, 0.29) is 16.9 Å². The van der Waals surface area contributed by atoms with Crippen LogP contribution in [0.1, 0.15) is 23.2 Å². The number of thiazole rings is 1.